The molecule has 1 aliphatic carbocycles. The number of nitrogens with one attached hydrogen (secondary N) is 1. The van der Waals surface area contributed by atoms with Gasteiger partial charge in [-0.05, 0) is 86.8 Å². The molecule has 0 bridgehead atoms. The number of allylic oxidation sites excluding steroid dienone is 2. The summed E-state index contributed by atoms with van der Waals surface area (Å²) in [6.45, 7) is 6.95. The van der Waals surface area contributed by atoms with E-state index in [1.807, 2.05) is 50.5 Å². The zero-order valence-electron chi connectivity index (χ0n) is 34.5. The summed E-state index contributed by atoms with van der Waals surface area (Å²) in [5.74, 6) is 1.11. The number of benzene rings is 3. The van der Waals surface area contributed by atoms with Crippen LogP contribution in [0.3, 0.4) is 0 Å². The molecule has 0 amide bonds. The Morgan fingerprint density at radius 2 is 1.68 bits per heavy atom. The van der Waals surface area contributed by atoms with E-state index in [0.717, 1.165) is 67.0 Å². The molecule has 1 saturated carbocycles. The lowest BCUT2D eigenvalue weighted by atomic mass is 9.98. The first-order valence-electron chi connectivity index (χ1n) is 21.5. The number of likely N-dealkylation sites (tertiary alicyclic amines) is 1. The molecule has 1 N–H and O–H groups in total. The summed E-state index contributed by atoms with van der Waals surface area (Å²) in [6.07, 6.45) is 24.3. The Bertz CT molecular complexity index is 1800. The van der Waals surface area contributed by atoms with Crippen molar-refractivity contribution in [2.75, 3.05) is 38.2 Å². The third-order valence-corrected chi connectivity index (χ3v) is 11.0. The number of fused-ring (bicyclic) bond motifs is 1. The van der Waals surface area contributed by atoms with Crippen LogP contribution < -0.4 is 10.1 Å². The summed E-state index contributed by atoms with van der Waals surface area (Å²) in [6, 6.07) is 25.7. The molecular weight excluding hydrogens is 711 g/mol. The van der Waals surface area contributed by atoms with E-state index in [0.29, 0.717) is 24.6 Å². The van der Waals surface area contributed by atoms with Gasteiger partial charge in [0.1, 0.15) is 5.75 Å². The first-order valence-corrected chi connectivity index (χ1v) is 21.5. The number of hydrogen-bond acceptors (Lipinski definition) is 8. The van der Waals surface area contributed by atoms with Crippen LogP contribution in [0.1, 0.15) is 107 Å². The van der Waals surface area contributed by atoms with Crippen LogP contribution in [0.15, 0.2) is 97.3 Å². The highest BCUT2D eigenvalue weighted by molar-refractivity contribution is 5.93. The molecule has 2 heterocycles. The van der Waals surface area contributed by atoms with Gasteiger partial charge in [0.25, 0.3) is 0 Å². The number of hydrogen-bond donors (Lipinski definition) is 1. The lowest BCUT2D eigenvalue weighted by Crippen LogP contribution is -2.26. The number of nitrogens with zero attached hydrogens (tertiary/aromatic N) is 2. The fourth-order valence-corrected chi connectivity index (χ4v) is 7.81. The largest absolute Gasteiger partial charge is 0.482 e. The van der Waals surface area contributed by atoms with Crippen molar-refractivity contribution in [3.8, 4) is 5.75 Å². The summed E-state index contributed by atoms with van der Waals surface area (Å²) < 4.78 is 16.2. The average molecular weight is 776 g/mol. The third-order valence-electron chi connectivity index (χ3n) is 11.0. The van der Waals surface area contributed by atoms with Gasteiger partial charge in [-0.2, -0.15) is 0 Å². The maximum absolute atomic E-state index is 12.2. The summed E-state index contributed by atoms with van der Waals surface area (Å²) in [5.41, 5.74) is 4.76. The number of anilines is 1. The van der Waals surface area contributed by atoms with E-state index < -0.39 is 5.97 Å². The monoisotopic (exact) mass is 775 g/mol. The smallest absolute Gasteiger partial charge is 0.344 e. The van der Waals surface area contributed by atoms with Crippen molar-refractivity contribution in [1.29, 1.82) is 0 Å². The summed E-state index contributed by atoms with van der Waals surface area (Å²) >= 11 is 0. The first kappa shape index (κ1) is 43.4. The van der Waals surface area contributed by atoms with Crippen molar-refractivity contribution in [1.82, 2.24) is 9.88 Å². The van der Waals surface area contributed by atoms with Crippen molar-refractivity contribution in [3.05, 3.63) is 114 Å². The molecule has 0 spiro atoms. The van der Waals surface area contributed by atoms with Crippen molar-refractivity contribution < 1.29 is 23.8 Å². The molecule has 3 aromatic carbocycles. The second-order valence-corrected chi connectivity index (χ2v) is 15.6. The Balaban J connectivity index is 0.000000322. The number of pyridine rings is 1. The lowest BCUT2D eigenvalue weighted by Gasteiger charge is -2.19. The minimum Gasteiger partial charge on any atom is -0.482 e. The van der Waals surface area contributed by atoms with Crippen molar-refractivity contribution >= 4 is 28.4 Å². The number of carbonyl (C=O) groups is 2. The van der Waals surface area contributed by atoms with Gasteiger partial charge in [0, 0.05) is 67.4 Å². The van der Waals surface area contributed by atoms with Gasteiger partial charge in [-0.25, -0.2) is 4.79 Å². The topological polar surface area (TPSA) is 90.0 Å². The molecule has 1 aromatic heterocycles. The van der Waals surface area contributed by atoms with Crippen LogP contribution in [0.5, 0.6) is 5.75 Å². The van der Waals surface area contributed by atoms with E-state index in [4.69, 9.17) is 14.2 Å². The Kier molecular flexibility index (Phi) is 18.9. The van der Waals surface area contributed by atoms with E-state index >= 15 is 0 Å². The molecule has 8 heteroatoms. The van der Waals surface area contributed by atoms with Gasteiger partial charge in [-0.1, -0.05) is 112 Å². The summed E-state index contributed by atoms with van der Waals surface area (Å²) in [7, 11) is 0. The van der Waals surface area contributed by atoms with Crippen LogP contribution in [-0.2, 0) is 32.0 Å². The fraction of sp³-hybridized carbons (Fsp3) is 0.490. The highest BCUT2D eigenvalue weighted by Crippen LogP contribution is 2.29. The van der Waals surface area contributed by atoms with Crippen LogP contribution in [0, 0.1) is 12.8 Å². The van der Waals surface area contributed by atoms with Gasteiger partial charge >= 0.3 is 11.9 Å². The standard InChI is InChI=1S/C33H41N3O5.C16H24/c1-3-4-5-6-11-32(37)39-18-8-19-40-33(38)24-41-31-20-26(13-12-25(31)2)22-36-17-15-28(23-36)35-30-10-7-9-27-21-34-16-14-29(27)30;1-3-9-15(10-4-1)11-5-2-6-12-16-13-7-8-14-16/h3-4,7,9-10,12-14,16,20-21,28,35H,5-6,8,11,15,17-19,22-24H2,1-2H3;1,3-4,9-10,16H,2,5-8,11-14H2/b4-3-;/t28-;/m1./s1. The van der Waals surface area contributed by atoms with Crippen LogP contribution in [-0.4, -0.2) is 60.8 Å². The second-order valence-electron chi connectivity index (χ2n) is 15.6. The normalized spacial score (nSPS) is 15.7. The molecule has 1 saturated heterocycles. The molecule has 2 fully saturated rings. The van der Waals surface area contributed by atoms with Gasteiger partial charge in [-0.15, -0.1) is 0 Å². The second kappa shape index (κ2) is 24.8. The molecule has 306 valence electrons. The van der Waals surface area contributed by atoms with E-state index in [-0.39, 0.29) is 25.8 Å². The van der Waals surface area contributed by atoms with Crippen molar-refractivity contribution in [2.24, 2.45) is 5.92 Å². The number of aryl methyl sites for hydroxylation is 2. The molecule has 6 rings (SSSR count). The highest BCUT2D eigenvalue weighted by atomic mass is 16.6. The number of aromatic nitrogens is 1. The number of esters is 2. The average Bonchev–Trinajstić information content (AvgIpc) is 3.92. The maximum atomic E-state index is 12.2. The quantitative estimate of drug-likeness (QED) is 0.0508. The van der Waals surface area contributed by atoms with Crippen LogP contribution in [0.2, 0.25) is 0 Å². The minimum atomic E-state index is -0.440. The zero-order valence-corrected chi connectivity index (χ0v) is 34.5. The molecule has 0 unspecified atom stereocenters. The fourth-order valence-electron chi connectivity index (χ4n) is 7.81. The molecule has 2 aliphatic rings. The molecule has 1 atom stereocenters. The van der Waals surface area contributed by atoms with E-state index in [1.165, 1.54) is 68.7 Å². The van der Waals surface area contributed by atoms with Crippen molar-refractivity contribution in [2.45, 2.75) is 116 Å². The summed E-state index contributed by atoms with van der Waals surface area (Å²) in [5, 5.41) is 6.05. The highest BCUT2D eigenvalue weighted by Gasteiger charge is 2.23. The van der Waals surface area contributed by atoms with Gasteiger partial charge in [0.05, 0.1) is 13.2 Å². The maximum Gasteiger partial charge on any atom is 0.344 e. The minimum absolute atomic E-state index is 0.161. The Labute approximate surface area is 341 Å². The summed E-state index contributed by atoms with van der Waals surface area (Å²) in [4.78, 5) is 30.5. The first-order chi connectivity index (χ1) is 28.0. The predicted molar refractivity (Wildman–Crippen MR) is 231 cm³/mol. The van der Waals surface area contributed by atoms with Gasteiger partial charge in [0.15, 0.2) is 6.61 Å². The Hall–Kier alpha value is -4.69. The lowest BCUT2D eigenvalue weighted by molar-refractivity contribution is -0.147. The predicted octanol–water partition coefficient (Wildman–Crippen LogP) is 10.8. The van der Waals surface area contributed by atoms with Crippen LogP contribution in [0.25, 0.3) is 10.8 Å². The number of rotatable bonds is 21. The van der Waals surface area contributed by atoms with E-state index in [9.17, 15) is 9.59 Å². The van der Waals surface area contributed by atoms with Crippen LogP contribution >= 0.6 is 0 Å². The van der Waals surface area contributed by atoms with E-state index in [1.54, 1.807) is 0 Å². The van der Waals surface area contributed by atoms with Gasteiger partial charge in [0.2, 0.25) is 0 Å². The molecule has 57 heavy (non-hydrogen) atoms. The Morgan fingerprint density at radius 1 is 0.860 bits per heavy atom. The number of ether oxygens (including phenoxy) is 3. The Morgan fingerprint density at radius 3 is 2.51 bits per heavy atom. The molecule has 1 aliphatic heterocycles. The van der Waals surface area contributed by atoms with Crippen molar-refractivity contribution in [3.63, 3.8) is 0 Å². The SMILES string of the molecule is C/C=C\CCCC(=O)OCCCOC(=O)COc1cc(CN2CC[C@@H](Nc3cccc4cnccc34)C2)ccc1C.c1ccc(CCCCCC2CCCC2)cc1. The molecule has 4 aromatic rings. The number of carbonyl (C=O) groups excluding carboxylic acids is 2. The third kappa shape index (κ3) is 16.0. The van der Waals surface area contributed by atoms with Crippen LogP contribution in [0.4, 0.5) is 5.69 Å². The zero-order chi connectivity index (χ0) is 39.9. The van der Waals surface area contributed by atoms with E-state index in [2.05, 4.69) is 75.9 Å². The molecule has 0 radical (unpaired) electrons. The van der Waals surface area contributed by atoms with Gasteiger partial charge < -0.3 is 19.5 Å². The van der Waals surface area contributed by atoms with Gasteiger partial charge in [-0.3, -0.25) is 14.7 Å². The molecule has 8 nitrogen and oxygen atoms in total. The number of unbranched alkanes of at least 4 members (excludes halogenated alkanes) is 3. The molecular formula is C49H65N3O5.